The lowest BCUT2D eigenvalue weighted by Gasteiger charge is -2.35. The van der Waals surface area contributed by atoms with E-state index in [1.807, 2.05) is 6.07 Å². The van der Waals surface area contributed by atoms with Gasteiger partial charge in [0, 0.05) is 16.8 Å². The van der Waals surface area contributed by atoms with Crippen LogP contribution in [0, 0.1) is 6.92 Å². The van der Waals surface area contributed by atoms with Crippen molar-refractivity contribution in [1.29, 1.82) is 0 Å². The van der Waals surface area contributed by atoms with Crippen molar-refractivity contribution in [2.45, 2.75) is 12.3 Å². The maximum atomic E-state index is 6.53. The molecule has 0 saturated heterocycles. The van der Waals surface area contributed by atoms with Gasteiger partial charge in [-0.05, 0) is 133 Å². The number of anilines is 3. The van der Waals surface area contributed by atoms with Crippen LogP contribution in [-0.2, 0) is 5.41 Å². The van der Waals surface area contributed by atoms with Crippen LogP contribution in [0.25, 0.3) is 66.1 Å². The first-order chi connectivity index (χ1) is 30.7. The summed E-state index contributed by atoms with van der Waals surface area (Å²) in [7, 11) is 0. The van der Waals surface area contributed by atoms with E-state index < -0.39 is 5.41 Å². The first-order valence-electron chi connectivity index (χ1n) is 21.4. The summed E-state index contributed by atoms with van der Waals surface area (Å²) in [6.07, 6.45) is 0. The van der Waals surface area contributed by atoms with Crippen molar-refractivity contribution < 1.29 is 4.42 Å². The van der Waals surface area contributed by atoms with Gasteiger partial charge in [0.1, 0.15) is 11.2 Å². The van der Waals surface area contributed by atoms with Crippen molar-refractivity contribution >= 4 is 49.8 Å². The van der Waals surface area contributed by atoms with Gasteiger partial charge in [-0.25, -0.2) is 0 Å². The van der Waals surface area contributed by atoms with Gasteiger partial charge in [-0.2, -0.15) is 0 Å². The number of para-hydroxylation sites is 1. The molecule has 1 heterocycles. The first-order valence-corrected chi connectivity index (χ1v) is 21.4. The molecule has 12 rings (SSSR count). The molecule has 1 aliphatic rings. The first kappa shape index (κ1) is 36.0. The summed E-state index contributed by atoms with van der Waals surface area (Å²) in [5, 5.41) is 4.64. The smallest absolute Gasteiger partial charge is 0.137 e. The molecule has 10 aromatic carbocycles. The second-order valence-electron chi connectivity index (χ2n) is 16.5. The minimum absolute atomic E-state index is 0.539. The fraction of sp³-hybridized carbons (Fsp3) is 0.0333. The van der Waals surface area contributed by atoms with Gasteiger partial charge in [0.05, 0.1) is 16.5 Å². The molecule has 0 saturated carbocycles. The van der Waals surface area contributed by atoms with Gasteiger partial charge < -0.3 is 9.32 Å². The maximum Gasteiger partial charge on any atom is 0.137 e. The molecule has 0 bridgehead atoms. The Balaban J connectivity index is 1.11. The Kier molecular flexibility index (Phi) is 8.33. The van der Waals surface area contributed by atoms with Gasteiger partial charge in [0.25, 0.3) is 0 Å². The third-order valence-corrected chi connectivity index (χ3v) is 13.1. The second kappa shape index (κ2) is 14.4. The van der Waals surface area contributed by atoms with Crippen LogP contribution in [0.2, 0.25) is 0 Å². The topological polar surface area (TPSA) is 16.4 Å². The molecule has 11 aromatic rings. The Bertz CT molecular complexity index is 3420. The Morgan fingerprint density at radius 1 is 0.403 bits per heavy atom. The normalized spacial score (nSPS) is 12.7. The third kappa shape index (κ3) is 5.50. The Labute approximate surface area is 361 Å². The SMILES string of the molecule is Cc1cccc2c1-c1ccc(N(c3ccc(-c4cc5ccccc5cc4-c4ccccc4)cc3)c3cccc4oc5ccccc5c34)cc1C2(c1ccccc1)c1ccccc1. The summed E-state index contributed by atoms with van der Waals surface area (Å²) in [6, 6.07) is 84.1. The van der Waals surface area contributed by atoms with E-state index in [0.29, 0.717) is 0 Å². The van der Waals surface area contributed by atoms with Crippen LogP contribution in [0.1, 0.15) is 27.8 Å². The minimum atomic E-state index is -0.539. The number of benzene rings is 10. The molecule has 0 aliphatic heterocycles. The predicted octanol–water partition coefficient (Wildman–Crippen LogP) is 16.2. The van der Waals surface area contributed by atoms with Crippen molar-refractivity contribution in [2.75, 3.05) is 4.90 Å². The molecule has 2 nitrogen and oxygen atoms in total. The number of aryl methyl sites for hydroxylation is 1. The molecule has 1 aromatic heterocycles. The van der Waals surface area contributed by atoms with Gasteiger partial charge in [0.2, 0.25) is 0 Å². The van der Waals surface area contributed by atoms with Crippen molar-refractivity contribution in [1.82, 2.24) is 0 Å². The van der Waals surface area contributed by atoms with E-state index in [-0.39, 0.29) is 0 Å². The number of nitrogens with zero attached hydrogens (tertiary/aromatic N) is 1. The molecule has 2 heteroatoms. The van der Waals surface area contributed by atoms with Crippen molar-refractivity contribution in [2.24, 2.45) is 0 Å². The molecule has 0 N–H and O–H groups in total. The average molecular weight is 792 g/mol. The fourth-order valence-corrected chi connectivity index (χ4v) is 10.3. The van der Waals surface area contributed by atoms with E-state index in [1.54, 1.807) is 0 Å². The number of hydrogen-bond donors (Lipinski definition) is 0. The molecule has 292 valence electrons. The minimum Gasteiger partial charge on any atom is -0.456 e. The number of rotatable bonds is 7. The highest BCUT2D eigenvalue weighted by Crippen LogP contribution is 2.58. The average Bonchev–Trinajstić information content (AvgIpc) is 3.87. The zero-order valence-electron chi connectivity index (χ0n) is 34.3. The highest BCUT2D eigenvalue weighted by Gasteiger charge is 2.47. The van der Waals surface area contributed by atoms with Crippen molar-refractivity contribution in [3.8, 4) is 33.4 Å². The molecule has 0 spiro atoms. The lowest BCUT2D eigenvalue weighted by atomic mass is 9.67. The van der Waals surface area contributed by atoms with Crippen LogP contribution in [0.5, 0.6) is 0 Å². The Hall–Kier alpha value is -7.94. The molecule has 62 heavy (non-hydrogen) atoms. The molecular weight excluding hydrogens is 751 g/mol. The van der Waals surface area contributed by atoms with E-state index in [9.17, 15) is 0 Å². The van der Waals surface area contributed by atoms with Crippen LogP contribution in [0.3, 0.4) is 0 Å². The quantitative estimate of drug-likeness (QED) is 0.160. The summed E-state index contributed by atoms with van der Waals surface area (Å²) < 4.78 is 6.53. The standard InChI is InChI=1S/C60H41NO/c1-40-17-15-27-53-58(40)49-36-35-48(39-54(49)60(53,45-22-7-3-8-23-45)46-24-9-4-10-25-46)61(55-28-16-30-57-59(55)50-26-13-14-29-56(50)62-57)47-33-31-42(32-34-47)52-38-44-21-12-11-20-43(44)37-51(52)41-18-5-2-6-19-41/h2-39H,1H3. The number of hydrogen-bond acceptors (Lipinski definition) is 2. The van der Waals surface area contributed by atoms with E-state index in [4.69, 9.17) is 4.42 Å². The van der Waals surface area contributed by atoms with Crippen molar-refractivity contribution in [3.05, 3.63) is 258 Å². The highest BCUT2D eigenvalue weighted by molar-refractivity contribution is 6.13. The zero-order valence-corrected chi connectivity index (χ0v) is 34.3. The Morgan fingerprint density at radius 2 is 0.968 bits per heavy atom. The monoisotopic (exact) mass is 791 g/mol. The summed E-state index contributed by atoms with van der Waals surface area (Å²) in [4.78, 5) is 2.43. The lowest BCUT2D eigenvalue weighted by Crippen LogP contribution is -2.28. The predicted molar refractivity (Wildman–Crippen MR) is 259 cm³/mol. The molecule has 0 unspecified atom stereocenters. The van der Waals surface area contributed by atoms with E-state index in [0.717, 1.165) is 44.6 Å². The molecule has 0 atom stereocenters. The van der Waals surface area contributed by atoms with E-state index >= 15 is 0 Å². The molecule has 1 aliphatic carbocycles. The van der Waals surface area contributed by atoms with Gasteiger partial charge in [-0.15, -0.1) is 0 Å². The van der Waals surface area contributed by atoms with Gasteiger partial charge in [-0.3, -0.25) is 0 Å². The summed E-state index contributed by atoms with van der Waals surface area (Å²) >= 11 is 0. The molecular formula is C60H41NO. The summed E-state index contributed by atoms with van der Waals surface area (Å²) in [5.74, 6) is 0. The summed E-state index contributed by atoms with van der Waals surface area (Å²) in [6.45, 7) is 2.25. The van der Waals surface area contributed by atoms with Crippen LogP contribution in [0.4, 0.5) is 17.1 Å². The number of fused-ring (bicyclic) bond motifs is 7. The largest absolute Gasteiger partial charge is 0.456 e. The van der Waals surface area contributed by atoms with Crippen LogP contribution in [0.15, 0.2) is 235 Å². The lowest BCUT2D eigenvalue weighted by molar-refractivity contribution is 0.669. The highest BCUT2D eigenvalue weighted by atomic mass is 16.3. The van der Waals surface area contributed by atoms with Crippen molar-refractivity contribution in [3.63, 3.8) is 0 Å². The van der Waals surface area contributed by atoms with Crippen LogP contribution < -0.4 is 4.90 Å². The fourth-order valence-electron chi connectivity index (χ4n) is 10.3. The van der Waals surface area contributed by atoms with Gasteiger partial charge in [-0.1, -0.05) is 176 Å². The molecule has 0 radical (unpaired) electrons. The van der Waals surface area contributed by atoms with E-state index in [2.05, 4.69) is 236 Å². The maximum absolute atomic E-state index is 6.53. The second-order valence-corrected chi connectivity index (χ2v) is 16.5. The van der Waals surface area contributed by atoms with Gasteiger partial charge >= 0.3 is 0 Å². The Morgan fingerprint density at radius 3 is 1.66 bits per heavy atom. The molecule has 0 fully saturated rings. The summed E-state index contributed by atoms with van der Waals surface area (Å²) in [5.41, 5.74) is 18.1. The van der Waals surface area contributed by atoms with Gasteiger partial charge in [0.15, 0.2) is 0 Å². The molecule has 0 amide bonds. The zero-order chi connectivity index (χ0) is 41.2. The third-order valence-electron chi connectivity index (χ3n) is 13.1. The van der Waals surface area contributed by atoms with Crippen LogP contribution in [-0.4, -0.2) is 0 Å². The van der Waals surface area contributed by atoms with E-state index in [1.165, 1.54) is 66.4 Å². The van der Waals surface area contributed by atoms with Crippen LogP contribution >= 0.6 is 0 Å². The number of furan rings is 1.